The molecule has 232 valence electrons. The first-order chi connectivity index (χ1) is 20.1. The monoisotopic (exact) mass is 622 g/mol. The molecule has 2 aromatic carbocycles. The van der Waals surface area contributed by atoms with Crippen LogP contribution in [0.2, 0.25) is 0 Å². The number of hydrogen-bond donors (Lipinski definition) is 5. The number of imide groups is 1. The van der Waals surface area contributed by atoms with E-state index in [0.29, 0.717) is 0 Å². The number of carbonyl (C=O) groups excluding carboxylic acids is 3. The summed E-state index contributed by atoms with van der Waals surface area (Å²) in [6.07, 6.45) is -8.73. The van der Waals surface area contributed by atoms with Gasteiger partial charge in [-0.2, -0.15) is 0 Å². The molecule has 4 rings (SSSR count). The summed E-state index contributed by atoms with van der Waals surface area (Å²) in [4.78, 5) is 51.1. The first-order valence-corrected chi connectivity index (χ1v) is 15.0. The van der Waals surface area contributed by atoms with Crippen LogP contribution in [0.4, 0.5) is 5.69 Å². The standard InChI is InChI=1S/C27H30N2O13S/c1-4-40-17-9-8-13(10-18(17)41-27-22(33)20(31)21(32)23(42-27)26(36)37)16(11-43(3,38)39)29-24(34)14-6-5-7-15(28-12(2)30)19(14)25(29)35/h5-10,16,20-23,27,31-33H,4,11H2,1-3H3,(H,28,30)(H,36,37)/t16-,20+,21+,22-,23+,27+/m0/s1. The van der Waals surface area contributed by atoms with Gasteiger partial charge in [0.1, 0.15) is 28.1 Å². The number of anilines is 1. The van der Waals surface area contributed by atoms with Crippen molar-refractivity contribution in [2.75, 3.05) is 23.9 Å². The first kappa shape index (κ1) is 31.8. The number of amides is 3. The van der Waals surface area contributed by atoms with Crippen LogP contribution in [-0.4, -0.2) is 107 Å². The Balaban J connectivity index is 1.78. The van der Waals surface area contributed by atoms with Crippen molar-refractivity contribution in [3.63, 3.8) is 0 Å². The van der Waals surface area contributed by atoms with E-state index in [-0.39, 0.29) is 40.5 Å². The quantitative estimate of drug-likeness (QED) is 0.215. The van der Waals surface area contributed by atoms with Gasteiger partial charge in [-0.15, -0.1) is 0 Å². The third kappa shape index (κ3) is 6.47. The summed E-state index contributed by atoms with van der Waals surface area (Å²) in [5, 5.41) is 42.5. The summed E-state index contributed by atoms with van der Waals surface area (Å²) in [5.41, 5.74) is -0.0327. The molecule has 2 heterocycles. The minimum absolute atomic E-state index is 0.0305. The van der Waals surface area contributed by atoms with Gasteiger partial charge in [0.25, 0.3) is 11.8 Å². The molecule has 0 unspecified atom stereocenters. The van der Waals surface area contributed by atoms with Gasteiger partial charge in [-0.1, -0.05) is 12.1 Å². The highest BCUT2D eigenvalue weighted by atomic mass is 32.2. The molecular weight excluding hydrogens is 592 g/mol. The second-order valence-corrected chi connectivity index (χ2v) is 12.2. The minimum Gasteiger partial charge on any atom is -0.490 e. The van der Waals surface area contributed by atoms with E-state index in [1.165, 1.54) is 43.3 Å². The summed E-state index contributed by atoms with van der Waals surface area (Å²) in [7, 11) is -3.85. The van der Waals surface area contributed by atoms with Crippen LogP contribution in [0, 0.1) is 0 Å². The molecule has 1 saturated heterocycles. The fourth-order valence-electron chi connectivity index (χ4n) is 4.86. The van der Waals surface area contributed by atoms with Gasteiger partial charge in [-0.25, -0.2) is 13.2 Å². The normalized spacial score (nSPS) is 24.3. The van der Waals surface area contributed by atoms with E-state index < -0.39 is 76.0 Å². The molecule has 0 saturated carbocycles. The van der Waals surface area contributed by atoms with Gasteiger partial charge in [0.2, 0.25) is 12.2 Å². The van der Waals surface area contributed by atoms with Crippen molar-refractivity contribution in [1.29, 1.82) is 0 Å². The van der Waals surface area contributed by atoms with Gasteiger partial charge in [0.15, 0.2) is 17.6 Å². The summed E-state index contributed by atoms with van der Waals surface area (Å²) in [6.45, 7) is 2.97. The van der Waals surface area contributed by atoms with Crippen LogP contribution >= 0.6 is 0 Å². The topological polar surface area (TPSA) is 226 Å². The third-order valence-electron chi connectivity index (χ3n) is 6.74. The first-order valence-electron chi connectivity index (χ1n) is 13.0. The molecule has 0 spiro atoms. The Bertz CT molecular complexity index is 1560. The number of carboxylic acids is 1. The van der Waals surface area contributed by atoms with E-state index in [1.807, 2.05) is 0 Å². The highest BCUT2D eigenvalue weighted by molar-refractivity contribution is 7.90. The number of fused-ring (bicyclic) bond motifs is 1. The maximum absolute atomic E-state index is 13.6. The number of carboxylic acid groups (broad SMARTS) is 1. The number of aliphatic carboxylic acids is 1. The molecule has 5 N–H and O–H groups in total. The van der Waals surface area contributed by atoms with Crippen LogP contribution in [0.15, 0.2) is 36.4 Å². The summed E-state index contributed by atoms with van der Waals surface area (Å²) < 4.78 is 41.5. The van der Waals surface area contributed by atoms with E-state index in [2.05, 4.69) is 5.32 Å². The lowest BCUT2D eigenvalue weighted by molar-refractivity contribution is -0.271. The van der Waals surface area contributed by atoms with Crippen LogP contribution in [0.5, 0.6) is 11.5 Å². The van der Waals surface area contributed by atoms with E-state index in [9.17, 15) is 48.0 Å². The number of rotatable bonds is 10. The fraction of sp³-hybridized carbons (Fsp3) is 0.407. The average molecular weight is 623 g/mol. The molecule has 2 aliphatic heterocycles. The van der Waals surface area contributed by atoms with E-state index in [0.717, 1.165) is 11.2 Å². The number of aliphatic hydroxyl groups is 3. The number of nitrogens with one attached hydrogen (secondary N) is 1. The van der Waals surface area contributed by atoms with Gasteiger partial charge in [-0.3, -0.25) is 19.3 Å². The molecular formula is C27H30N2O13S. The Labute approximate surface area is 245 Å². The fourth-order valence-corrected chi connectivity index (χ4v) is 5.78. The highest BCUT2D eigenvalue weighted by Gasteiger charge is 2.48. The smallest absolute Gasteiger partial charge is 0.335 e. The molecule has 16 heteroatoms. The number of benzene rings is 2. The largest absolute Gasteiger partial charge is 0.490 e. The zero-order valence-electron chi connectivity index (χ0n) is 23.2. The second-order valence-electron chi connectivity index (χ2n) is 9.99. The van der Waals surface area contributed by atoms with Crippen molar-refractivity contribution >= 4 is 39.2 Å². The molecule has 0 aliphatic carbocycles. The van der Waals surface area contributed by atoms with Crippen LogP contribution in [0.1, 0.15) is 46.2 Å². The van der Waals surface area contributed by atoms with Crippen molar-refractivity contribution in [2.24, 2.45) is 0 Å². The van der Waals surface area contributed by atoms with Crippen molar-refractivity contribution in [1.82, 2.24) is 4.90 Å². The molecule has 2 aliphatic rings. The van der Waals surface area contributed by atoms with E-state index in [4.69, 9.17) is 14.2 Å². The minimum atomic E-state index is -3.85. The van der Waals surface area contributed by atoms with E-state index >= 15 is 0 Å². The summed E-state index contributed by atoms with van der Waals surface area (Å²) in [6, 6.07) is 6.80. The predicted molar refractivity (Wildman–Crippen MR) is 146 cm³/mol. The molecule has 0 bridgehead atoms. The van der Waals surface area contributed by atoms with E-state index in [1.54, 1.807) is 6.92 Å². The summed E-state index contributed by atoms with van der Waals surface area (Å²) in [5.74, 6) is -4.71. The van der Waals surface area contributed by atoms with Gasteiger partial charge in [0, 0.05) is 13.2 Å². The highest BCUT2D eigenvalue weighted by Crippen LogP contribution is 2.39. The third-order valence-corrected chi connectivity index (χ3v) is 7.66. The zero-order chi connectivity index (χ0) is 31.8. The number of sulfone groups is 1. The molecule has 2 aromatic rings. The van der Waals surface area contributed by atoms with Crippen molar-refractivity contribution in [3.8, 4) is 11.5 Å². The Morgan fingerprint density at radius 2 is 1.74 bits per heavy atom. The summed E-state index contributed by atoms with van der Waals surface area (Å²) >= 11 is 0. The zero-order valence-corrected chi connectivity index (χ0v) is 24.0. The molecule has 1 fully saturated rings. The maximum atomic E-state index is 13.6. The number of hydrogen-bond acceptors (Lipinski definition) is 12. The van der Waals surface area contributed by atoms with Gasteiger partial charge < -0.3 is 40.0 Å². The Hall–Kier alpha value is -4.09. The molecule has 15 nitrogen and oxygen atoms in total. The Kier molecular flexibility index (Phi) is 9.08. The lowest BCUT2D eigenvalue weighted by Crippen LogP contribution is -2.61. The molecule has 0 aromatic heterocycles. The van der Waals surface area contributed by atoms with Crippen molar-refractivity contribution in [2.45, 2.75) is 50.6 Å². The SMILES string of the molecule is CCOc1ccc([C@H](CS(C)(=O)=O)N2C(=O)c3cccc(NC(C)=O)c3C2=O)cc1O[C@@H]1O[C@@H](C(=O)O)[C@H](O)[C@@H](O)[C@@H]1O. The number of carbonyl (C=O) groups is 4. The van der Waals surface area contributed by atoms with Gasteiger partial charge in [-0.05, 0) is 36.8 Å². The van der Waals surface area contributed by atoms with Crippen LogP contribution in [-0.2, 0) is 24.2 Å². The second kappa shape index (κ2) is 12.3. The molecule has 43 heavy (non-hydrogen) atoms. The van der Waals surface area contributed by atoms with Gasteiger partial charge in [0.05, 0.1) is 35.2 Å². The Morgan fingerprint density at radius 3 is 2.35 bits per heavy atom. The van der Waals surface area contributed by atoms with Crippen LogP contribution in [0.25, 0.3) is 0 Å². The Morgan fingerprint density at radius 1 is 1.05 bits per heavy atom. The molecule has 0 radical (unpaired) electrons. The number of ether oxygens (including phenoxy) is 3. The predicted octanol–water partition coefficient (Wildman–Crippen LogP) is -0.303. The number of aliphatic hydroxyl groups excluding tert-OH is 3. The molecule has 6 atom stereocenters. The lowest BCUT2D eigenvalue weighted by Gasteiger charge is -2.38. The van der Waals surface area contributed by atoms with Crippen molar-refractivity contribution in [3.05, 3.63) is 53.1 Å². The van der Waals surface area contributed by atoms with Gasteiger partial charge >= 0.3 is 5.97 Å². The maximum Gasteiger partial charge on any atom is 0.335 e. The number of nitrogens with zero attached hydrogens (tertiary/aromatic N) is 1. The average Bonchev–Trinajstić information content (AvgIpc) is 3.17. The van der Waals surface area contributed by atoms with Crippen molar-refractivity contribution < 1.29 is 62.2 Å². The van der Waals surface area contributed by atoms with Crippen LogP contribution in [0.3, 0.4) is 0 Å². The lowest BCUT2D eigenvalue weighted by atomic mass is 9.99. The molecule has 3 amide bonds. The van der Waals surface area contributed by atoms with Crippen LogP contribution < -0.4 is 14.8 Å².